The standard InChI is InChI=1S/C21H28N2O3/c1-14(2)26-20(24)11-12-22-21(25)19-13-15(3)23(17(19)5)16(4)18-9-7-6-8-10-18/h6-10,13-14,16H,11-12H2,1-5H3,(H,22,25). The molecule has 1 amide bonds. The topological polar surface area (TPSA) is 60.3 Å². The van der Waals surface area contributed by atoms with Crippen LogP contribution in [0.1, 0.15) is 60.5 Å². The Morgan fingerprint density at radius 1 is 1.12 bits per heavy atom. The lowest BCUT2D eigenvalue weighted by Crippen LogP contribution is -2.27. The fourth-order valence-electron chi connectivity index (χ4n) is 3.18. The second kappa shape index (κ2) is 8.70. The fourth-order valence-corrected chi connectivity index (χ4v) is 3.18. The summed E-state index contributed by atoms with van der Waals surface area (Å²) in [6.45, 7) is 9.96. The van der Waals surface area contributed by atoms with E-state index < -0.39 is 0 Å². The van der Waals surface area contributed by atoms with Crippen LogP contribution in [0.3, 0.4) is 0 Å². The zero-order valence-electron chi connectivity index (χ0n) is 16.2. The van der Waals surface area contributed by atoms with Gasteiger partial charge in [0.15, 0.2) is 0 Å². The maximum atomic E-state index is 12.5. The van der Waals surface area contributed by atoms with E-state index in [0.717, 1.165) is 11.4 Å². The minimum absolute atomic E-state index is 0.138. The lowest BCUT2D eigenvalue weighted by Gasteiger charge is -2.19. The Morgan fingerprint density at radius 2 is 1.77 bits per heavy atom. The van der Waals surface area contributed by atoms with E-state index in [4.69, 9.17) is 4.74 Å². The molecule has 1 aromatic carbocycles. The van der Waals surface area contributed by atoms with Gasteiger partial charge in [0.25, 0.3) is 5.91 Å². The number of aromatic nitrogens is 1. The molecule has 1 unspecified atom stereocenters. The van der Waals surface area contributed by atoms with Gasteiger partial charge < -0.3 is 14.6 Å². The summed E-state index contributed by atoms with van der Waals surface area (Å²) in [7, 11) is 0. The molecule has 140 valence electrons. The van der Waals surface area contributed by atoms with Crippen molar-refractivity contribution in [3.05, 3.63) is 58.9 Å². The highest BCUT2D eigenvalue weighted by Crippen LogP contribution is 2.25. The molecule has 0 saturated heterocycles. The number of hydrogen-bond acceptors (Lipinski definition) is 3. The van der Waals surface area contributed by atoms with Crippen molar-refractivity contribution in [2.24, 2.45) is 0 Å². The number of esters is 1. The summed E-state index contributed by atoms with van der Waals surface area (Å²) in [6, 6.07) is 12.2. The lowest BCUT2D eigenvalue weighted by molar-refractivity contribution is -0.147. The summed E-state index contributed by atoms with van der Waals surface area (Å²) < 4.78 is 7.23. The fraction of sp³-hybridized carbons (Fsp3) is 0.429. The highest BCUT2D eigenvalue weighted by atomic mass is 16.5. The van der Waals surface area contributed by atoms with Gasteiger partial charge in [-0.3, -0.25) is 9.59 Å². The minimum Gasteiger partial charge on any atom is -0.463 e. The summed E-state index contributed by atoms with van der Waals surface area (Å²) in [5.41, 5.74) is 3.78. The number of amides is 1. The molecule has 1 atom stereocenters. The molecule has 0 spiro atoms. The molecule has 0 aliphatic heterocycles. The highest BCUT2D eigenvalue weighted by molar-refractivity contribution is 5.95. The van der Waals surface area contributed by atoms with Gasteiger partial charge in [0.1, 0.15) is 0 Å². The van der Waals surface area contributed by atoms with Crippen LogP contribution in [0.5, 0.6) is 0 Å². The molecule has 2 aromatic rings. The van der Waals surface area contributed by atoms with Crippen LogP contribution in [0.4, 0.5) is 0 Å². The van der Waals surface area contributed by atoms with Crippen molar-refractivity contribution in [3.8, 4) is 0 Å². The largest absolute Gasteiger partial charge is 0.463 e. The predicted octanol–water partition coefficient (Wildman–Crippen LogP) is 3.79. The van der Waals surface area contributed by atoms with E-state index in [1.807, 2.05) is 38.1 Å². The third-order valence-electron chi connectivity index (χ3n) is 4.38. The van der Waals surface area contributed by atoms with Crippen LogP contribution >= 0.6 is 0 Å². The van der Waals surface area contributed by atoms with Crippen LogP contribution in [0.15, 0.2) is 36.4 Å². The molecular formula is C21H28N2O3. The lowest BCUT2D eigenvalue weighted by atomic mass is 10.1. The van der Waals surface area contributed by atoms with Gasteiger partial charge in [0, 0.05) is 17.9 Å². The van der Waals surface area contributed by atoms with Crippen LogP contribution < -0.4 is 5.32 Å². The van der Waals surface area contributed by atoms with Crippen molar-refractivity contribution in [3.63, 3.8) is 0 Å². The van der Waals surface area contributed by atoms with Gasteiger partial charge in [-0.1, -0.05) is 30.3 Å². The first-order valence-corrected chi connectivity index (χ1v) is 9.02. The summed E-state index contributed by atoms with van der Waals surface area (Å²) in [5, 5.41) is 2.81. The van der Waals surface area contributed by atoms with Gasteiger partial charge in [0.2, 0.25) is 0 Å². The molecule has 0 aliphatic rings. The number of rotatable bonds is 7. The third kappa shape index (κ3) is 4.75. The van der Waals surface area contributed by atoms with E-state index in [2.05, 4.69) is 28.9 Å². The van der Waals surface area contributed by atoms with Crippen LogP contribution in [-0.2, 0) is 9.53 Å². The molecule has 1 aromatic heterocycles. The maximum absolute atomic E-state index is 12.5. The summed E-state index contributed by atoms with van der Waals surface area (Å²) in [4.78, 5) is 24.1. The Labute approximate surface area is 155 Å². The van der Waals surface area contributed by atoms with Crippen LogP contribution in [-0.4, -0.2) is 29.1 Å². The van der Waals surface area contributed by atoms with Gasteiger partial charge in [-0.2, -0.15) is 0 Å². The average Bonchev–Trinajstić information content (AvgIpc) is 2.89. The maximum Gasteiger partial charge on any atom is 0.307 e. The van der Waals surface area contributed by atoms with Crippen LogP contribution in [0.25, 0.3) is 0 Å². The van der Waals surface area contributed by atoms with Crippen molar-refractivity contribution < 1.29 is 14.3 Å². The number of carbonyl (C=O) groups is 2. The normalized spacial score (nSPS) is 12.1. The number of hydrogen-bond donors (Lipinski definition) is 1. The van der Waals surface area contributed by atoms with Crippen LogP contribution in [0.2, 0.25) is 0 Å². The Hall–Kier alpha value is -2.56. The third-order valence-corrected chi connectivity index (χ3v) is 4.38. The van der Waals surface area contributed by atoms with E-state index in [1.165, 1.54) is 5.56 Å². The first-order valence-electron chi connectivity index (χ1n) is 9.02. The molecular weight excluding hydrogens is 328 g/mol. The van der Waals surface area contributed by atoms with Gasteiger partial charge >= 0.3 is 5.97 Å². The van der Waals surface area contributed by atoms with E-state index >= 15 is 0 Å². The second-order valence-corrected chi connectivity index (χ2v) is 6.79. The Balaban J connectivity index is 2.07. The molecule has 0 bridgehead atoms. The molecule has 1 N–H and O–H groups in total. The quantitative estimate of drug-likeness (QED) is 0.768. The SMILES string of the molecule is Cc1cc(C(=O)NCCC(=O)OC(C)C)c(C)n1C(C)c1ccccc1. The average molecular weight is 356 g/mol. The zero-order valence-corrected chi connectivity index (χ0v) is 16.2. The number of ether oxygens (including phenoxy) is 1. The van der Waals surface area contributed by atoms with E-state index in [9.17, 15) is 9.59 Å². The summed E-state index contributed by atoms with van der Waals surface area (Å²) in [6.07, 6.45) is 0.0277. The highest BCUT2D eigenvalue weighted by Gasteiger charge is 2.19. The molecule has 5 heteroatoms. The van der Waals surface area contributed by atoms with Gasteiger partial charge in [-0.15, -0.1) is 0 Å². The monoisotopic (exact) mass is 356 g/mol. The summed E-state index contributed by atoms with van der Waals surface area (Å²) >= 11 is 0. The number of nitrogens with zero attached hydrogens (tertiary/aromatic N) is 1. The molecule has 0 radical (unpaired) electrons. The number of benzene rings is 1. The molecule has 1 heterocycles. The molecule has 2 rings (SSSR count). The van der Waals surface area contributed by atoms with Gasteiger partial charge in [0.05, 0.1) is 24.1 Å². The van der Waals surface area contributed by atoms with Gasteiger partial charge in [-0.25, -0.2) is 0 Å². The number of nitrogens with one attached hydrogen (secondary N) is 1. The van der Waals surface area contributed by atoms with Gasteiger partial charge in [-0.05, 0) is 46.2 Å². The van der Waals surface area contributed by atoms with E-state index in [1.54, 1.807) is 13.8 Å². The smallest absolute Gasteiger partial charge is 0.307 e. The molecule has 0 saturated carbocycles. The first kappa shape index (κ1) is 19.8. The van der Waals surface area contributed by atoms with Crippen molar-refractivity contribution in [1.82, 2.24) is 9.88 Å². The van der Waals surface area contributed by atoms with Crippen molar-refractivity contribution in [2.75, 3.05) is 6.54 Å². The first-order chi connectivity index (χ1) is 12.3. The van der Waals surface area contributed by atoms with Crippen LogP contribution in [0, 0.1) is 13.8 Å². The minimum atomic E-state index is -0.302. The Bertz CT molecular complexity index is 763. The number of aryl methyl sites for hydroxylation is 1. The van der Waals surface area contributed by atoms with E-state index in [-0.39, 0.29) is 37.0 Å². The molecule has 0 fully saturated rings. The molecule has 0 aliphatic carbocycles. The molecule has 26 heavy (non-hydrogen) atoms. The molecule has 5 nitrogen and oxygen atoms in total. The van der Waals surface area contributed by atoms with Crippen molar-refractivity contribution in [2.45, 2.75) is 53.2 Å². The van der Waals surface area contributed by atoms with Crippen molar-refractivity contribution in [1.29, 1.82) is 0 Å². The Kier molecular flexibility index (Phi) is 6.61. The number of carbonyl (C=O) groups excluding carboxylic acids is 2. The van der Waals surface area contributed by atoms with Crippen molar-refractivity contribution >= 4 is 11.9 Å². The second-order valence-electron chi connectivity index (χ2n) is 6.79. The zero-order chi connectivity index (χ0) is 19.3. The summed E-state index contributed by atoms with van der Waals surface area (Å²) in [5.74, 6) is -0.467. The predicted molar refractivity (Wildman–Crippen MR) is 102 cm³/mol. The van der Waals surface area contributed by atoms with E-state index in [0.29, 0.717) is 5.56 Å². The Morgan fingerprint density at radius 3 is 2.38 bits per heavy atom.